The number of urea groups is 1. The van der Waals surface area contributed by atoms with E-state index in [-0.39, 0.29) is 18.5 Å². The van der Waals surface area contributed by atoms with Gasteiger partial charge in [-0.3, -0.25) is 9.69 Å². The summed E-state index contributed by atoms with van der Waals surface area (Å²) >= 11 is 0. The third-order valence-corrected chi connectivity index (χ3v) is 6.95. The molecule has 0 radical (unpaired) electrons. The average Bonchev–Trinajstić information content (AvgIpc) is 2.83. The molecule has 2 aliphatic rings. The topological polar surface area (TPSA) is 79.9 Å². The molecule has 3 aromatic rings. The van der Waals surface area contributed by atoms with Gasteiger partial charge in [-0.1, -0.05) is 60.2 Å². The van der Waals surface area contributed by atoms with Crippen LogP contribution in [0.1, 0.15) is 35.2 Å². The zero-order valence-corrected chi connectivity index (χ0v) is 20.3. The van der Waals surface area contributed by atoms with Gasteiger partial charge in [0, 0.05) is 11.3 Å². The summed E-state index contributed by atoms with van der Waals surface area (Å²) in [6.45, 7) is 6.07. The Labute approximate surface area is 205 Å². The van der Waals surface area contributed by atoms with Gasteiger partial charge < -0.3 is 20.1 Å². The van der Waals surface area contributed by atoms with Crippen molar-refractivity contribution < 1.29 is 19.1 Å². The number of carbonyl (C=O) groups excluding carboxylic acids is 2. The Hall–Kier alpha value is -4.00. The molecule has 3 aromatic carbocycles. The van der Waals surface area contributed by atoms with Crippen LogP contribution >= 0.6 is 0 Å². The van der Waals surface area contributed by atoms with Gasteiger partial charge in [0.05, 0.1) is 19.7 Å². The van der Waals surface area contributed by atoms with E-state index in [1.165, 1.54) is 0 Å². The summed E-state index contributed by atoms with van der Waals surface area (Å²) < 4.78 is 12.1. The van der Waals surface area contributed by atoms with Crippen molar-refractivity contribution in [3.63, 3.8) is 0 Å². The van der Waals surface area contributed by atoms with Gasteiger partial charge in [0.25, 0.3) is 0 Å². The number of carbonyl (C=O) groups is 2. The first kappa shape index (κ1) is 22.8. The molecule has 1 saturated heterocycles. The average molecular weight is 472 g/mol. The molecule has 0 saturated carbocycles. The summed E-state index contributed by atoms with van der Waals surface area (Å²) in [5.74, 6) is 0.152. The summed E-state index contributed by atoms with van der Waals surface area (Å²) in [6, 6.07) is 20.2. The Kier molecular flexibility index (Phi) is 5.63. The van der Waals surface area contributed by atoms with E-state index in [4.69, 9.17) is 9.47 Å². The van der Waals surface area contributed by atoms with Gasteiger partial charge in [0.1, 0.15) is 5.92 Å². The third kappa shape index (κ3) is 3.87. The molecule has 0 aliphatic carbocycles. The SMILES string of the molecule is COc1cccc2c1O[C@]1(C)[C@@H](C(=O)Nc3ccc(C)cc3C)[C@@H]2NC(=O)N1Cc1ccccc1. The fourth-order valence-corrected chi connectivity index (χ4v) is 5.16. The predicted molar refractivity (Wildman–Crippen MR) is 133 cm³/mol. The Morgan fingerprint density at radius 3 is 2.60 bits per heavy atom. The number of benzene rings is 3. The lowest BCUT2D eigenvalue weighted by Gasteiger charge is -2.54. The maximum absolute atomic E-state index is 13.9. The fraction of sp³-hybridized carbons (Fsp3) is 0.286. The highest BCUT2D eigenvalue weighted by Crippen LogP contribution is 2.51. The zero-order valence-electron chi connectivity index (χ0n) is 20.3. The van der Waals surface area contributed by atoms with Crippen LogP contribution in [-0.2, 0) is 11.3 Å². The van der Waals surface area contributed by atoms with E-state index in [1.54, 1.807) is 12.0 Å². The number of hydrogen-bond acceptors (Lipinski definition) is 4. The number of rotatable bonds is 5. The second-order valence-corrected chi connectivity index (χ2v) is 9.32. The summed E-state index contributed by atoms with van der Waals surface area (Å²) in [5, 5.41) is 6.17. The maximum atomic E-state index is 13.9. The van der Waals surface area contributed by atoms with Crippen LogP contribution in [0.15, 0.2) is 66.7 Å². The molecular weight excluding hydrogens is 442 g/mol. The molecule has 3 atom stereocenters. The van der Waals surface area contributed by atoms with E-state index in [0.29, 0.717) is 11.5 Å². The van der Waals surface area contributed by atoms with Crippen molar-refractivity contribution in [3.8, 4) is 11.5 Å². The molecule has 0 unspecified atom stereocenters. The molecule has 2 aliphatic heterocycles. The molecule has 5 rings (SSSR count). The van der Waals surface area contributed by atoms with Gasteiger partial charge in [0.15, 0.2) is 17.2 Å². The number of ether oxygens (including phenoxy) is 2. The number of nitrogens with zero attached hydrogens (tertiary/aromatic N) is 1. The Morgan fingerprint density at radius 1 is 1.11 bits per heavy atom. The second kappa shape index (κ2) is 8.65. The standard InChI is InChI=1S/C28H29N3O4/c1-17-13-14-21(18(2)15-17)29-26(32)23-24-20-11-8-12-22(34-4)25(20)35-28(23,3)31(27(33)30-24)16-19-9-6-5-7-10-19/h5-15,23-24H,16H2,1-4H3,(H,29,32)(H,30,33)/t23-,24-,28-/m1/s1. The van der Waals surface area contributed by atoms with Crippen LogP contribution in [0.2, 0.25) is 0 Å². The molecule has 180 valence electrons. The molecule has 0 aromatic heterocycles. The highest BCUT2D eigenvalue weighted by atomic mass is 16.5. The van der Waals surface area contributed by atoms with Gasteiger partial charge in [-0.15, -0.1) is 0 Å². The van der Waals surface area contributed by atoms with Crippen molar-refractivity contribution in [2.45, 2.75) is 39.1 Å². The zero-order chi connectivity index (χ0) is 24.7. The first-order valence-corrected chi connectivity index (χ1v) is 11.7. The third-order valence-electron chi connectivity index (χ3n) is 6.95. The van der Waals surface area contributed by atoms with E-state index in [2.05, 4.69) is 10.6 Å². The minimum absolute atomic E-state index is 0.226. The van der Waals surface area contributed by atoms with Crippen LogP contribution < -0.4 is 20.1 Å². The van der Waals surface area contributed by atoms with Crippen LogP contribution in [0.25, 0.3) is 0 Å². The molecule has 3 amide bonds. The van der Waals surface area contributed by atoms with Crippen LogP contribution in [0, 0.1) is 19.8 Å². The normalized spacial score (nSPS) is 22.5. The van der Waals surface area contributed by atoms with Gasteiger partial charge >= 0.3 is 6.03 Å². The smallest absolute Gasteiger partial charge is 0.321 e. The van der Waals surface area contributed by atoms with E-state index < -0.39 is 17.7 Å². The summed E-state index contributed by atoms with van der Waals surface area (Å²) in [7, 11) is 1.58. The molecule has 0 spiro atoms. The Bertz CT molecular complexity index is 1290. The van der Waals surface area contributed by atoms with Crippen molar-refractivity contribution in [1.29, 1.82) is 0 Å². The highest BCUT2D eigenvalue weighted by molar-refractivity contribution is 5.96. The van der Waals surface area contributed by atoms with Crippen molar-refractivity contribution in [1.82, 2.24) is 10.2 Å². The monoisotopic (exact) mass is 471 g/mol. The Balaban J connectivity index is 1.59. The van der Waals surface area contributed by atoms with Gasteiger partial charge in [-0.25, -0.2) is 4.79 Å². The lowest BCUT2D eigenvalue weighted by atomic mass is 9.78. The number of para-hydroxylation sites is 1. The van der Waals surface area contributed by atoms with Gasteiger partial charge in [0.2, 0.25) is 5.91 Å². The number of nitrogens with one attached hydrogen (secondary N) is 2. The van der Waals surface area contributed by atoms with E-state index in [0.717, 1.165) is 27.9 Å². The van der Waals surface area contributed by atoms with Crippen molar-refractivity contribution >= 4 is 17.6 Å². The maximum Gasteiger partial charge on any atom is 0.321 e. The van der Waals surface area contributed by atoms with E-state index in [1.807, 2.05) is 87.5 Å². The minimum Gasteiger partial charge on any atom is -0.493 e. The van der Waals surface area contributed by atoms with Crippen LogP contribution in [0.4, 0.5) is 10.5 Å². The molecule has 1 fully saturated rings. The first-order chi connectivity index (χ1) is 16.8. The van der Waals surface area contributed by atoms with E-state index in [9.17, 15) is 9.59 Å². The van der Waals surface area contributed by atoms with Gasteiger partial charge in [-0.05, 0) is 44.0 Å². The largest absolute Gasteiger partial charge is 0.493 e. The second-order valence-electron chi connectivity index (χ2n) is 9.32. The molecule has 2 N–H and O–H groups in total. The lowest BCUT2D eigenvalue weighted by Crippen LogP contribution is -2.71. The summed E-state index contributed by atoms with van der Waals surface area (Å²) in [6.07, 6.45) is 0. The highest BCUT2D eigenvalue weighted by Gasteiger charge is 2.60. The Morgan fingerprint density at radius 2 is 1.89 bits per heavy atom. The molecule has 7 heteroatoms. The first-order valence-electron chi connectivity index (χ1n) is 11.7. The minimum atomic E-state index is -1.26. The predicted octanol–water partition coefficient (Wildman–Crippen LogP) is 4.94. The molecule has 35 heavy (non-hydrogen) atoms. The van der Waals surface area contributed by atoms with Crippen LogP contribution in [0.5, 0.6) is 11.5 Å². The van der Waals surface area contributed by atoms with Gasteiger partial charge in [-0.2, -0.15) is 0 Å². The van der Waals surface area contributed by atoms with Crippen molar-refractivity contribution in [3.05, 3.63) is 89.0 Å². The van der Waals surface area contributed by atoms with Crippen molar-refractivity contribution in [2.75, 3.05) is 12.4 Å². The molecule has 7 nitrogen and oxygen atoms in total. The summed E-state index contributed by atoms with van der Waals surface area (Å²) in [4.78, 5) is 28.9. The fourth-order valence-electron chi connectivity index (χ4n) is 5.16. The number of methoxy groups -OCH3 is 1. The number of amides is 3. The molecule has 2 heterocycles. The quantitative estimate of drug-likeness (QED) is 0.552. The number of fused-ring (bicyclic) bond motifs is 4. The van der Waals surface area contributed by atoms with Crippen LogP contribution in [-0.4, -0.2) is 29.7 Å². The number of anilines is 1. The number of aryl methyl sites for hydroxylation is 2. The lowest BCUT2D eigenvalue weighted by molar-refractivity contribution is -0.155. The molecule has 2 bridgehead atoms. The molecular formula is C28H29N3O4. The summed E-state index contributed by atoms with van der Waals surface area (Å²) in [5.41, 5.74) is 3.22. The van der Waals surface area contributed by atoms with Crippen LogP contribution in [0.3, 0.4) is 0 Å². The van der Waals surface area contributed by atoms with Crippen molar-refractivity contribution in [2.24, 2.45) is 5.92 Å². The van der Waals surface area contributed by atoms with E-state index >= 15 is 0 Å². The number of hydrogen-bond donors (Lipinski definition) is 2.